The summed E-state index contributed by atoms with van der Waals surface area (Å²) in [5.74, 6) is 0.556. The van der Waals surface area contributed by atoms with Crippen molar-refractivity contribution in [1.29, 1.82) is 0 Å². The van der Waals surface area contributed by atoms with Crippen molar-refractivity contribution in [2.24, 2.45) is 0 Å². The van der Waals surface area contributed by atoms with Gasteiger partial charge < -0.3 is 4.74 Å². The highest BCUT2D eigenvalue weighted by atomic mass is 32.2. The number of esters is 1. The normalized spacial score (nSPS) is 10.1. The van der Waals surface area contributed by atoms with Crippen molar-refractivity contribution in [3.63, 3.8) is 0 Å². The minimum absolute atomic E-state index is 0.286. The lowest BCUT2D eigenvalue weighted by Gasteiger charge is -2.07. The van der Waals surface area contributed by atoms with Crippen LogP contribution in [0.3, 0.4) is 0 Å². The molecule has 3 heteroatoms. The summed E-state index contributed by atoms with van der Waals surface area (Å²) in [4.78, 5) is 12.6. The predicted octanol–water partition coefficient (Wildman–Crippen LogP) is 3.77. The molecule has 0 amide bonds. The Morgan fingerprint density at radius 3 is 2.44 bits per heavy atom. The van der Waals surface area contributed by atoms with Crippen molar-refractivity contribution in [3.05, 3.63) is 65.7 Å². The van der Waals surface area contributed by atoms with Crippen LogP contribution in [0.25, 0.3) is 0 Å². The first-order valence-corrected chi connectivity index (χ1v) is 6.64. The molecule has 0 atom stereocenters. The summed E-state index contributed by atoms with van der Waals surface area (Å²) in [5, 5.41) is 0. The van der Waals surface area contributed by atoms with E-state index < -0.39 is 0 Å². The maximum atomic E-state index is 11.6. The van der Waals surface area contributed by atoms with Crippen LogP contribution >= 0.6 is 11.8 Å². The Balaban J connectivity index is 2.12. The van der Waals surface area contributed by atoms with Gasteiger partial charge in [0, 0.05) is 10.6 Å². The maximum Gasteiger partial charge on any atom is 0.338 e. The maximum absolute atomic E-state index is 11.6. The molecular weight excluding hydrogens is 244 g/mol. The Kier molecular flexibility index (Phi) is 4.42. The summed E-state index contributed by atoms with van der Waals surface area (Å²) in [5.41, 5.74) is 1.86. The van der Waals surface area contributed by atoms with E-state index in [1.165, 1.54) is 12.7 Å². The molecule has 0 aliphatic rings. The number of benzene rings is 2. The minimum Gasteiger partial charge on any atom is -0.465 e. The fourth-order valence-corrected chi connectivity index (χ4v) is 2.60. The van der Waals surface area contributed by atoms with Crippen molar-refractivity contribution >= 4 is 17.7 Å². The van der Waals surface area contributed by atoms with Gasteiger partial charge in [-0.15, -0.1) is 11.8 Å². The van der Waals surface area contributed by atoms with Gasteiger partial charge in [-0.3, -0.25) is 0 Å². The topological polar surface area (TPSA) is 26.3 Å². The molecule has 92 valence electrons. The van der Waals surface area contributed by atoms with E-state index in [1.54, 1.807) is 17.8 Å². The van der Waals surface area contributed by atoms with Crippen LogP contribution < -0.4 is 0 Å². The van der Waals surface area contributed by atoms with Crippen LogP contribution in [0.15, 0.2) is 59.5 Å². The number of carbonyl (C=O) groups is 1. The molecule has 0 radical (unpaired) electrons. The van der Waals surface area contributed by atoms with Crippen molar-refractivity contribution in [3.8, 4) is 0 Å². The SMILES string of the molecule is COC(=O)c1ccccc1SCc1ccccc1. The fraction of sp³-hybridized carbons (Fsp3) is 0.133. The summed E-state index contributed by atoms with van der Waals surface area (Å²) in [6, 6.07) is 17.7. The molecule has 18 heavy (non-hydrogen) atoms. The zero-order chi connectivity index (χ0) is 12.8. The number of rotatable bonds is 4. The van der Waals surface area contributed by atoms with Crippen LogP contribution in [-0.2, 0) is 10.5 Å². The number of carbonyl (C=O) groups excluding carboxylic acids is 1. The zero-order valence-corrected chi connectivity index (χ0v) is 10.9. The van der Waals surface area contributed by atoms with E-state index >= 15 is 0 Å². The molecule has 0 heterocycles. The van der Waals surface area contributed by atoms with Gasteiger partial charge in [0.2, 0.25) is 0 Å². The number of thioether (sulfide) groups is 1. The van der Waals surface area contributed by atoms with E-state index in [4.69, 9.17) is 4.74 Å². The molecular formula is C15H14O2S. The molecule has 2 rings (SSSR count). The lowest BCUT2D eigenvalue weighted by Crippen LogP contribution is -2.02. The molecule has 0 N–H and O–H groups in total. The molecule has 2 aromatic carbocycles. The summed E-state index contributed by atoms with van der Waals surface area (Å²) < 4.78 is 4.78. The van der Waals surface area contributed by atoms with Gasteiger partial charge in [-0.1, -0.05) is 42.5 Å². The van der Waals surface area contributed by atoms with Crippen LogP contribution in [-0.4, -0.2) is 13.1 Å². The molecule has 0 aromatic heterocycles. The monoisotopic (exact) mass is 258 g/mol. The second-order valence-corrected chi connectivity index (χ2v) is 4.78. The molecule has 2 aromatic rings. The van der Waals surface area contributed by atoms with Gasteiger partial charge in [-0.05, 0) is 17.7 Å². The number of hydrogen-bond donors (Lipinski definition) is 0. The number of ether oxygens (including phenoxy) is 1. The van der Waals surface area contributed by atoms with E-state index in [2.05, 4.69) is 12.1 Å². The molecule has 0 unspecified atom stereocenters. The van der Waals surface area contributed by atoms with E-state index in [0.29, 0.717) is 5.56 Å². The molecule has 0 saturated heterocycles. The van der Waals surface area contributed by atoms with Gasteiger partial charge in [0.1, 0.15) is 0 Å². The molecule has 0 aliphatic heterocycles. The fourth-order valence-electron chi connectivity index (χ4n) is 1.61. The predicted molar refractivity (Wildman–Crippen MR) is 73.8 cm³/mol. The number of methoxy groups -OCH3 is 1. The first kappa shape index (κ1) is 12.7. The smallest absolute Gasteiger partial charge is 0.338 e. The van der Waals surface area contributed by atoms with Crippen molar-refractivity contribution in [1.82, 2.24) is 0 Å². The second-order valence-electron chi connectivity index (χ2n) is 3.76. The molecule has 0 saturated carbocycles. The van der Waals surface area contributed by atoms with Gasteiger partial charge >= 0.3 is 5.97 Å². The standard InChI is InChI=1S/C15H14O2S/c1-17-15(16)13-9-5-6-10-14(13)18-11-12-7-3-2-4-8-12/h2-10H,11H2,1H3. The lowest BCUT2D eigenvalue weighted by atomic mass is 10.2. The summed E-state index contributed by atoms with van der Waals surface area (Å²) >= 11 is 1.64. The molecule has 2 nitrogen and oxygen atoms in total. The molecule has 0 fully saturated rings. The van der Waals surface area contributed by atoms with Gasteiger partial charge in [0.15, 0.2) is 0 Å². The largest absolute Gasteiger partial charge is 0.465 e. The lowest BCUT2D eigenvalue weighted by molar-refractivity contribution is 0.0597. The van der Waals surface area contributed by atoms with E-state index in [0.717, 1.165) is 10.6 Å². The molecule has 0 bridgehead atoms. The highest BCUT2D eigenvalue weighted by Gasteiger charge is 2.10. The Hall–Kier alpha value is -1.74. The first-order valence-electron chi connectivity index (χ1n) is 5.65. The van der Waals surface area contributed by atoms with Gasteiger partial charge in [0.05, 0.1) is 12.7 Å². The Labute approximate surface area is 111 Å². The highest BCUT2D eigenvalue weighted by molar-refractivity contribution is 7.98. The zero-order valence-electron chi connectivity index (χ0n) is 10.1. The Bertz CT molecular complexity index is 523. The molecule has 0 aliphatic carbocycles. The number of hydrogen-bond acceptors (Lipinski definition) is 3. The minimum atomic E-state index is -0.286. The first-order chi connectivity index (χ1) is 8.81. The van der Waals surface area contributed by atoms with Gasteiger partial charge in [0.25, 0.3) is 0 Å². The van der Waals surface area contributed by atoms with Crippen LogP contribution in [0.4, 0.5) is 0 Å². The third-order valence-electron chi connectivity index (χ3n) is 2.53. The highest BCUT2D eigenvalue weighted by Crippen LogP contribution is 2.26. The third-order valence-corrected chi connectivity index (χ3v) is 3.67. The van der Waals surface area contributed by atoms with Crippen LogP contribution in [0.1, 0.15) is 15.9 Å². The summed E-state index contributed by atoms with van der Waals surface area (Å²) in [6.45, 7) is 0. The van der Waals surface area contributed by atoms with Crippen molar-refractivity contribution in [2.75, 3.05) is 7.11 Å². The second kappa shape index (κ2) is 6.26. The van der Waals surface area contributed by atoms with Gasteiger partial charge in [-0.2, -0.15) is 0 Å². The van der Waals surface area contributed by atoms with E-state index in [1.807, 2.05) is 36.4 Å². The average Bonchev–Trinajstić information content (AvgIpc) is 2.45. The quantitative estimate of drug-likeness (QED) is 0.617. The third kappa shape index (κ3) is 3.14. The van der Waals surface area contributed by atoms with E-state index in [-0.39, 0.29) is 5.97 Å². The Morgan fingerprint density at radius 2 is 1.72 bits per heavy atom. The van der Waals surface area contributed by atoms with Crippen molar-refractivity contribution in [2.45, 2.75) is 10.6 Å². The summed E-state index contributed by atoms with van der Waals surface area (Å²) in [7, 11) is 1.40. The molecule has 0 spiro atoms. The van der Waals surface area contributed by atoms with Crippen LogP contribution in [0, 0.1) is 0 Å². The average molecular weight is 258 g/mol. The van der Waals surface area contributed by atoms with Crippen LogP contribution in [0.2, 0.25) is 0 Å². The van der Waals surface area contributed by atoms with Gasteiger partial charge in [-0.25, -0.2) is 4.79 Å². The summed E-state index contributed by atoms with van der Waals surface area (Å²) in [6.07, 6.45) is 0. The van der Waals surface area contributed by atoms with Crippen LogP contribution in [0.5, 0.6) is 0 Å². The van der Waals surface area contributed by atoms with Crippen molar-refractivity contribution < 1.29 is 9.53 Å². The Morgan fingerprint density at radius 1 is 1.06 bits per heavy atom. The van der Waals surface area contributed by atoms with E-state index in [9.17, 15) is 4.79 Å².